The third-order valence-corrected chi connectivity index (χ3v) is 2.36. The second-order valence-corrected chi connectivity index (χ2v) is 3.86. The number of nitrogens with two attached hydrogens (primary N) is 1. The summed E-state index contributed by atoms with van der Waals surface area (Å²) in [4.78, 5) is 4.04. The molecule has 0 fully saturated rings. The van der Waals surface area contributed by atoms with Gasteiger partial charge in [0.05, 0.1) is 6.61 Å². The summed E-state index contributed by atoms with van der Waals surface area (Å²) in [6, 6.07) is 3.36. The Kier molecular flexibility index (Phi) is 4.53. The topological polar surface area (TPSA) is 74.2 Å². The maximum absolute atomic E-state index is 13.4. The Balaban J connectivity index is 1.99. The van der Waals surface area contributed by atoms with Gasteiger partial charge >= 0.3 is 0 Å². The molecule has 7 heteroatoms. The van der Waals surface area contributed by atoms with Gasteiger partial charge in [-0.1, -0.05) is 11.2 Å². The van der Waals surface area contributed by atoms with Crippen molar-refractivity contribution < 1.29 is 18.0 Å². The van der Waals surface area contributed by atoms with Gasteiger partial charge in [0.15, 0.2) is 5.82 Å². The van der Waals surface area contributed by atoms with Crippen LogP contribution in [0.15, 0.2) is 22.7 Å². The van der Waals surface area contributed by atoms with Crippen molar-refractivity contribution in [1.29, 1.82) is 0 Å². The fourth-order valence-corrected chi connectivity index (χ4v) is 1.50. The van der Waals surface area contributed by atoms with Gasteiger partial charge in [-0.2, -0.15) is 4.98 Å². The van der Waals surface area contributed by atoms with E-state index in [-0.39, 0.29) is 13.0 Å². The van der Waals surface area contributed by atoms with E-state index in [1.54, 1.807) is 0 Å². The zero-order chi connectivity index (χ0) is 13.7. The lowest BCUT2D eigenvalue weighted by molar-refractivity contribution is 0.104. The molecular weight excluding hydrogens is 256 g/mol. The smallest absolute Gasteiger partial charge is 0.252 e. The molecule has 102 valence electrons. The normalized spacial score (nSPS) is 10.9. The molecule has 19 heavy (non-hydrogen) atoms. The Morgan fingerprint density at radius 3 is 2.89 bits per heavy atom. The molecule has 2 aromatic rings. The number of halogens is 2. The first-order chi connectivity index (χ1) is 9.19. The average molecular weight is 269 g/mol. The zero-order valence-electron chi connectivity index (χ0n) is 10.1. The predicted molar refractivity (Wildman–Crippen MR) is 62.2 cm³/mol. The van der Waals surface area contributed by atoms with Crippen molar-refractivity contribution in [3.8, 4) is 0 Å². The van der Waals surface area contributed by atoms with Crippen LogP contribution in [-0.2, 0) is 17.8 Å². The van der Waals surface area contributed by atoms with Crippen LogP contribution in [-0.4, -0.2) is 23.3 Å². The second-order valence-electron chi connectivity index (χ2n) is 3.86. The number of benzene rings is 1. The molecule has 2 rings (SSSR count). The molecule has 0 spiro atoms. The molecule has 0 aliphatic carbocycles. The van der Waals surface area contributed by atoms with Crippen molar-refractivity contribution >= 4 is 0 Å². The molecule has 0 aliphatic rings. The number of ether oxygens (including phenoxy) is 1. The molecule has 0 aliphatic heterocycles. The molecule has 0 unspecified atom stereocenters. The number of hydrogen-bond acceptors (Lipinski definition) is 5. The Hall–Kier alpha value is -1.86. The van der Waals surface area contributed by atoms with E-state index in [0.29, 0.717) is 30.4 Å². The van der Waals surface area contributed by atoms with Crippen LogP contribution in [0, 0.1) is 11.6 Å². The van der Waals surface area contributed by atoms with Crippen molar-refractivity contribution in [1.82, 2.24) is 10.1 Å². The van der Waals surface area contributed by atoms with E-state index in [4.69, 9.17) is 15.0 Å². The Labute approximate surface area is 108 Å². The molecule has 0 atom stereocenters. The molecule has 0 saturated carbocycles. The molecule has 5 nitrogen and oxygen atoms in total. The SMILES string of the molecule is NCCOCc1nc(Cc2ccc(F)cc2F)no1. The summed E-state index contributed by atoms with van der Waals surface area (Å²) < 4.78 is 36.2. The molecule has 0 radical (unpaired) electrons. The maximum atomic E-state index is 13.4. The Morgan fingerprint density at radius 2 is 2.16 bits per heavy atom. The summed E-state index contributed by atoms with van der Waals surface area (Å²) in [5.41, 5.74) is 5.57. The Morgan fingerprint density at radius 1 is 1.32 bits per heavy atom. The van der Waals surface area contributed by atoms with E-state index < -0.39 is 11.6 Å². The summed E-state index contributed by atoms with van der Waals surface area (Å²) in [5, 5.41) is 3.70. The minimum atomic E-state index is -0.634. The fourth-order valence-electron chi connectivity index (χ4n) is 1.50. The van der Waals surface area contributed by atoms with Crippen molar-refractivity contribution in [2.45, 2.75) is 13.0 Å². The monoisotopic (exact) mass is 269 g/mol. The number of rotatable bonds is 6. The summed E-state index contributed by atoms with van der Waals surface area (Å²) in [7, 11) is 0. The molecule has 0 bridgehead atoms. The Bertz CT molecular complexity index is 546. The first-order valence-electron chi connectivity index (χ1n) is 5.72. The molecule has 2 N–H and O–H groups in total. The first-order valence-corrected chi connectivity index (χ1v) is 5.72. The number of hydrogen-bond donors (Lipinski definition) is 1. The van der Waals surface area contributed by atoms with Crippen molar-refractivity contribution in [3.05, 3.63) is 47.1 Å². The minimum absolute atomic E-state index is 0.131. The molecule has 0 saturated heterocycles. The van der Waals surface area contributed by atoms with Crippen LogP contribution >= 0.6 is 0 Å². The quantitative estimate of drug-likeness (QED) is 0.803. The van der Waals surface area contributed by atoms with E-state index in [1.807, 2.05) is 0 Å². The van der Waals surface area contributed by atoms with Gasteiger partial charge in [0.25, 0.3) is 5.89 Å². The third-order valence-electron chi connectivity index (χ3n) is 2.36. The summed E-state index contributed by atoms with van der Waals surface area (Å²) >= 11 is 0. The van der Waals surface area contributed by atoms with Gasteiger partial charge in [-0.15, -0.1) is 0 Å². The zero-order valence-corrected chi connectivity index (χ0v) is 10.1. The van der Waals surface area contributed by atoms with Crippen LogP contribution in [0.2, 0.25) is 0 Å². The second kappa shape index (κ2) is 6.35. The highest BCUT2D eigenvalue weighted by Crippen LogP contribution is 2.13. The summed E-state index contributed by atoms with van der Waals surface area (Å²) in [5.74, 6) is -0.640. The maximum Gasteiger partial charge on any atom is 0.252 e. The van der Waals surface area contributed by atoms with Crippen molar-refractivity contribution in [2.75, 3.05) is 13.2 Å². The van der Waals surface area contributed by atoms with Gasteiger partial charge in [0.1, 0.15) is 18.2 Å². The first kappa shape index (κ1) is 13.6. The van der Waals surface area contributed by atoms with Gasteiger partial charge < -0.3 is 15.0 Å². The van der Waals surface area contributed by atoms with E-state index in [9.17, 15) is 8.78 Å². The molecule has 1 aromatic carbocycles. The van der Waals surface area contributed by atoms with Crippen LogP contribution in [0.5, 0.6) is 0 Å². The average Bonchev–Trinajstić information content (AvgIpc) is 2.81. The molecular formula is C12H13F2N3O2. The van der Waals surface area contributed by atoms with E-state index >= 15 is 0 Å². The lowest BCUT2D eigenvalue weighted by Gasteiger charge is -1.99. The fraction of sp³-hybridized carbons (Fsp3) is 0.333. The van der Waals surface area contributed by atoms with Crippen LogP contribution in [0.3, 0.4) is 0 Å². The van der Waals surface area contributed by atoms with Crippen molar-refractivity contribution in [2.24, 2.45) is 5.73 Å². The van der Waals surface area contributed by atoms with Gasteiger partial charge in [0.2, 0.25) is 0 Å². The minimum Gasteiger partial charge on any atom is -0.370 e. The van der Waals surface area contributed by atoms with Crippen molar-refractivity contribution in [3.63, 3.8) is 0 Å². The molecule has 1 aromatic heterocycles. The summed E-state index contributed by atoms with van der Waals surface area (Å²) in [6.07, 6.45) is 0.131. The van der Waals surface area contributed by atoms with Gasteiger partial charge in [-0.3, -0.25) is 0 Å². The van der Waals surface area contributed by atoms with Crippen LogP contribution in [0.4, 0.5) is 8.78 Å². The number of aromatic nitrogens is 2. The van der Waals surface area contributed by atoms with Gasteiger partial charge in [-0.25, -0.2) is 8.78 Å². The van der Waals surface area contributed by atoms with Gasteiger partial charge in [0, 0.05) is 19.0 Å². The predicted octanol–water partition coefficient (Wildman–Crippen LogP) is 1.41. The number of nitrogens with zero attached hydrogens (tertiary/aromatic N) is 2. The lowest BCUT2D eigenvalue weighted by atomic mass is 10.1. The molecule has 1 heterocycles. The van der Waals surface area contributed by atoms with E-state index in [1.165, 1.54) is 12.1 Å². The molecule has 0 amide bonds. The summed E-state index contributed by atoms with van der Waals surface area (Å²) in [6.45, 7) is 0.961. The standard InChI is InChI=1S/C12H13F2N3O2/c13-9-2-1-8(10(14)6-9)5-11-16-12(19-17-11)7-18-4-3-15/h1-2,6H,3-5,7,15H2. The third kappa shape index (κ3) is 3.80. The van der Waals surface area contributed by atoms with Gasteiger partial charge in [-0.05, 0) is 11.6 Å². The highest BCUT2D eigenvalue weighted by Gasteiger charge is 2.10. The van der Waals surface area contributed by atoms with Crippen LogP contribution < -0.4 is 5.73 Å². The van der Waals surface area contributed by atoms with Crippen LogP contribution in [0.1, 0.15) is 17.3 Å². The van der Waals surface area contributed by atoms with E-state index in [2.05, 4.69) is 10.1 Å². The highest BCUT2D eigenvalue weighted by molar-refractivity contribution is 5.21. The lowest BCUT2D eigenvalue weighted by Crippen LogP contribution is -2.08. The van der Waals surface area contributed by atoms with Crippen LogP contribution in [0.25, 0.3) is 0 Å². The highest BCUT2D eigenvalue weighted by atomic mass is 19.1. The largest absolute Gasteiger partial charge is 0.370 e. The van der Waals surface area contributed by atoms with E-state index in [0.717, 1.165) is 6.07 Å².